The lowest BCUT2D eigenvalue weighted by atomic mass is 10.2. The fraction of sp³-hybridized carbons (Fsp3) is 0.429. The molecular formula is C21H26N4O2S2. The molecule has 3 heterocycles. The minimum atomic E-state index is -0.205. The van der Waals surface area contributed by atoms with Gasteiger partial charge in [-0.25, -0.2) is 4.98 Å². The predicted octanol–water partition coefficient (Wildman–Crippen LogP) is 4.07. The third-order valence-corrected chi connectivity index (χ3v) is 5.95. The van der Waals surface area contributed by atoms with Crippen molar-refractivity contribution in [3.05, 3.63) is 44.7 Å². The van der Waals surface area contributed by atoms with Crippen molar-refractivity contribution in [2.75, 3.05) is 18.4 Å². The first-order valence-corrected chi connectivity index (χ1v) is 11.1. The Bertz CT molecular complexity index is 1040. The van der Waals surface area contributed by atoms with E-state index in [1.54, 1.807) is 17.2 Å². The van der Waals surface area contributed by atoms with Crippen LogP contribution in [0.1, 0.15) is 44.7 Å². The number of hydrogen-bond donors (Lipinski definition) is 1. The van der Waals surface area contributed by atoms with Crippen molar-refractivity contribution in [3.63, 3.8) is 0 Å². The van der Waals surface area contributed by atoms with Gasteiger partial charge in [-0.1, -0.05) is 57.2 Å². The van der Waals surface area contributed by atoms with Crippen LogP contribution < -0.4 is 10.9 Å². The molecule has 1 aliphatic heterocycles. The molecule has 2 aromatic heterocycles. The molecule has 0 unspecified atom stereocenters. The zero-order valence-electron chi connectivity index (χ0n) is 17.2. The Kier molecular flexibility index (Phi) is 6.74. The summed E-state index contributed by atoms with van der Waals surface area (Å²) in [7, 11) is 0. The van der Waals surface area contributed by atoms with Crippen molar-refractivity contribution in [2.45, 2.75) is 40.5 Å². The average molecular weight is 431 g/mol. The van der Waals surface area contributed by atoms with Crippen LogP contribution in [-0.4, -0.2) is 37.6 Å². The average Bonchev–Trinajstić information content (AvgIpc) is 2.94. The van der Waals surface area contributed by atoms with E-state index in [1.165, 1.54) is 16.2 Å². The molecule has 0 atom stereocenters. The molecule has 29 heavy (non-hydrogen) atoms. The summed E-state index contributed by atoms with van der Waals surface area (Å²) in [6.07, 6.45) is 5.27. The monoisotopic (exact) mass is 430 g/mol. The second kappa shape index (κ2) is 9.09. The second-order valence-corrected chi connectivity index (χ2v) is 9.25. The van der Waals surface area contributed by atoms with Gasteiger partial charge < -0.3 is 5.32 Å². The lowest BCUT2D eigenvalue weighted by Gasteiger charge is -2.14. The molecule has 1 aliphatic rings. The van der Waals surface area contributed by atoms with Gasteiger partial charge in [-0.05, 0) is 37.0 Å². The Balaban J connectivity index is 2.09. The van der Waals surface area contributed by atoms with Gasteiger partial charge in [-0.2, -0.15) is 0 Å². The molecule has 2 aromatic rings. The highest BCUT2D eigenvalue weighted by molar-refractivity contribution is 8.26. The maximum Gasteiger partial charge on any atom is 0.267 e. The van der Waals surface area contributed by atoms with Gasteiger partial charge in [-0.15, -0.1) is 0 Å². The molecule has 0 aliphatic carbocycles. The van der Waals surface area contributed by atoms with Crippen molar-refractivity contribution in [1.82, 2.24) is 14.3 Å². The number of fused-ring (bicyclic) bond motifs is 1. The van der Waals surface area contributed by atoms with E-state index in [-0.39, 0.29) is 11.5 Å². The van der Waals surface area contributed by atoms with Crippen LogP contribution in [0.5, 0.6) is 0 Å². The van der Waals surface area contributed by atoms with Gasteiger partial charge in [0, 0.05) is 19.3 Å². The molecule has 154 valence electrons. The molecular weight excluding hydrogens is 404 g/mol. The van der Waals surface area contributed by atoms with Crippen LogP contribution >= 0.6 is 24.0 Å². The first-order valence-electron chi connectivity index (χ1n) is 9.84. The summed E-state index contributed by atoms with van der Waals surface area (Å²) in [6, 6.07) is 3.75. The number of anilines is 1. The maximum absolute atomic E-state index is 13.2. The Labute approximate surface area is 180 Å². The van der Waals surface area contributed by atoms with Gasteiger partial charge >= 0.3 is 0 Å². The van der Waals surface area contributed by atoms with E-state index in [2.05, 4.69) is 31.1 Å². The van der Waals surface area contributed by atoms with Gasteiger partial charge in [0.2, 0.25) is 0 Å². The van der Waals surface area contributed by atoms with Crippen molar-refractivity contribution >= 4 is 51.7 Å². The number of pyridine rings is 1. The number of hydrogen-bond acceptors (Lipinski definition) is 6. The number of aryl methyl sites for hydroxylation is 1. The van der Waals surface area contributed by atoms with Crippen LogP contribution in [0, 0.1) is 12.8 Å². The van der Waals surface area contributed by atoms with E-state index in [4.69, 9.17) is 12.2 Å². The minimum Gasteiger partial charge on any atom is -0.369 e. The molecule has 1 amide bonds. The van der Waals surface area contributed by atoms with E-state index in [9.17, 15) is 9.59 Å². The van der Waals surface area contributed by atoms with Gasteiger partial charge in [-0.3, -0.25) is 18.9 Å². The van der Waals surface area contributed by atoms with E-state index in [1.807, 2.05) is 19.1 Å². The zero-order valence-corrected chi connectivity index (χ0v) is 18.8. The quantitative estimate of drug-likeness (QED) is 0.528. The topological polar surface area (TPSA) is 66.7 Å². The predicted molar refractivity (Wildman–Crippen MR) is 124 cm³/mol. The Morgan fingerprint density at radius 2 is 2.07 bits per heavy atom. The first kappa shape index (κ1) is 21.5. The summed E-state index contributed by atoms with van der Waals surface area (Å²) in [4.78, 5) is 32.8. The third-order valence-electron chi connectivity index (χ3n) is 4.57. The van der Waals surface area contributed by atoms with Crippen LogP contribution in [0.15, 0.2) is 28.0 Å². The normalized spacial score (nSPS) is 15.9. The summed E-state index contributed by atoms with van der Waals surface area (Å²) in [5.41, 5.74) is 1.70. The Morgan fingerprint density at radius 1 is 1.31 bits per heavy atom. The van der Waals surface area contributed by atoms with Gasteiger partial charge in [0.1, 0.15) is 15.8 Å². The van der Waals surface area contributed by atoms with E-state index in [0.29, 0.717) is 45.3 Å². The highest BCUT2D eigenvalue weighted by Crippen LogP contribution is 2.33. The number of amides is 1. The van der Waals surface area contributed by atoms with E-state index in [0.717, 1.165) is 18.4 Å². The summed E-state index contributed by atoms with van der Waals surface area (Å²) >= 11 is 6.62. The Morgan fingerprint density at radius 3 is 2.76 bits per heavy atom. The lowest BCUT2D eigenvalue weighted by molar-refractivity contribution is -0.122. The zero-order chi connectivity index (χ0) is 21.1. The molecule has 1 fully saturated rings. The summed E-state index contributed by atoms with van der Waals surface area (Å²) in [5, 5.41) is 3.27. The van der Waals surface area contributed by atoms with Crippen molar-refractivity contribution < 1.29 is 4.79 Å². The standard InChI is InChI=1S/C21H26N4O2S2/c1-5-6-9-24-20(27)16(29-21(24)28)10-15-18(22-11-13(2)3)23-17-8-7-14(4)12-25(17)19(15)26/h7-8,10,12-13,22H,5-6,9,11H2,1-4H3/b16-10-. The molecule has 8 heteroatoms. The number of carbonyl (C=O) groups excluding carboxylic acids is 1. The SMILES string of the molecule is CCCCN1C(=O)/C(=C/c2c(NCC(C)C)nc3ccc(C)cn3c2=O)SC1=S. The number of unbranched alkanes of at least 4 members (excludes halogenated alkanes) is 1. The number of thiocarbonyl (C=S) groups is 1. The number of rotatable bonds is 7. The van der Waals surface area contributed by atoms with Gasteiger partial charge in [0.25, 0.3) is 11.5 Å². The van der Waals surface area contributed by atoms with Crippen LogP contribution in [0.3, 0.4) is 0 Å². The van der Waals surface area contributed by atoms with Gasteiger partial charge in [0.05, 0.1) is 10.5 Å². The second-order valence-electron chi connectivity index (χ2n) is 7.58. The number of thioether (sulfide) groups is 1. The summed E-state index contributed by atoms with van der Waals surface area (Å²) in [5.74, 6) is 0.733. The number of carbonyl (C=O) groups is 1. The number of aromatic nitrogens is 2. The van der Waals surface area contributed by atoms with Crippen LogP contribution in [-0.2, 0) is 4.79 Å². The van der Waals surface area contributed by atoms with Crippen molar-refractivity contribution in [2.24, 2.45) is 5.92 Å². The van der Waals surface area contributed by atoms with Crippen LogP contribution in [0.25, 0.3) is 11.7 Å². The molecule has 0 radical (unpaired) electrons. The molecule has 1 N–H and O–H groups in total. The largest absolute Gasteiger partial charge is 0.369 e. The minimum absolute atomic E-state index is 0.142. The number of nitrogens with zero attached hydrogens (tertiary/aromatic N) is 3. The summed E-state index contributed by atoms with van der Waals surface area (Å²) in [6.45, 7) is 9.45. The smallest absolute Gasteiger partial charge is 0.267 e. The molecule has 0 bridgehead atoms. The number of nitrogens with one attached hydrogen (secondary N) is 1. The third kappa shape index (κ3) is 4.70. The molecule has 0 spiro atoms. The maximum atomic E-state index is 13.2. The first-order chi connectivity index (χ1) is 13.8. The fourth-order valence-corrected chi connectivity index (χ4v) is 4.25. The van der Waals surface area contributed by atoms with Crippen molar-refractivity contribution in [1.29, 1.82) is 0 Å². The van der Waals surface area contributed by atoms with Gasteiger partial charge in [0.15, 0.2) is 0 Å². The lowest BCUT2D eigenvalue weighted by Crippen LogP contribution is -2.29. The van der Waals surface area contributed by atoms with Crippen molar-refractivity contribution in [3.8, 4) is 0 Å². The van der Waals surface area contributed by atoms with E-state index >= 15 is 0 Å². The molecule has 0 saturated carbocycles. The molecule has 6 nitrogen and oxygen atoms in total. The van der Waals surface area contributed by atoms with Crippen LogP contribution in [0.4, 0.5) is 5.82 Å². The highest BCUT2D eigenvalue weighted by Gasteiger charge is 2.32. The fourth-order valence-electron chi connectivity index (χ4n) is 2.96. The molecule has 3 rings (SSSR count). The van der Waals surface area contributed by atoms with Crippen LogP contribution in [0.2, 0.25) is 0 Å². The van der Waals surface area contributed by atoms with E-state index < -0.39 is 0 Å². The Hall–Kier alpha value is -2.19. The highest BCUT2D eigenvalue weighted by atomic mass is 32.2. The molecule has 0 aromatic carbocycles. The summed E-state index contributed by atoms with van der Waals surface area (Å²) < 4.78 is 2.07. The molecule has 1 saturated heterocycles.